The van der Waals surface area contributed by atoms with E-state index in [1.54, 1.807) is 13.8 Å². The van der Waals surface area contributed by atoms with E-state index in [-0.39, 0.29) is 21.5 Å². The molecule has 0 saturated carbocycles. The molecule has 0 unspecified atom stereocenters. The second-order valence-electron chi connectivity index (χ2n) is 3.45. The number of hydrogen-bond donors (Lipinski definition) is 0. The van der Waals surface area contributed by atoms with Crippen LogP contribution in [0.1, 0.15) is 30.9 Å². The molecule has 0 aliphatic heterocycles. The molecular weight excluding hydrogens is 257 g/mol. The Bertz CT molecular complexity index is 343. The maximum Gasteiger partial charge on any atom is 0.165 e. The summed E-state index contributed by atoms with van der Waals surface area (Å²) in [5.41, 5.74) is -0.246. The van der Waals surface area contributed by atoms with Gasteiger partial charge in [-0.25, -0.2) is 13.2 Å². The molecule has 0 aromatic heterocycles. The molecule has 1 aromatic rings. The van der Waals surface area contributed by atoms with E-state index in [1.165, 1.54) is 6.92 Å². The summed E-state index contributed by atoms with van der Waals surface area (Å²) in [7, 11) is 0. The maximum atomic E-state index is 13.4. The van der Waals surface area contributed by atoms with E-state index in [4.69, 9.17) is 0 Å². The van der Waals surface area contributed by atoms with Crippen LogP contribution in [0.25, 0.3) is 0 Å². The third-order valence-electron chi connectivity index (χ3n) is 2.09. The maximum absolute atomic E-state index is 13.4. The lowest BCUT2D eigenvalue weighted by Crippen LogP contribution is -2.04. The normalized spacial score (nSPS) is 11.1. The summed E-state index contributed by atoms with van der Waals surface area (Å²) in [5.74, 6) is -3.07. The fourth-order valence-electron chi connectivity index (χ4n) is 1.27. The molecule has 0 radical (unpaired) electrons. The summed E-state index contributed by atoms with van der Waals surface area (Å²) in [5, 5.41) is 0. The van der Waals surface area contributed by atoms with Gasteiger partial charge in [-0.05, 0) is 28.8 Å². The van der Waals surface area contributed by atoms with Gasteiger partial charge in [0.1, 0.15) is 5.82 Å². The van der Waals surface area contributed by atoms with Crippen molar-refractivity contribution in [2.45, 2.75) is 26.7 Å². The Morgan fingerprint density at radius 3 is 1.93 bits per heavy atom. The number of halogens is 4. The van der Waals surface area contributed by atoms with E-state index in [0.29, 0.717) is 0 Å². The molecular formula is C10H10BrF3. The molecule has 0 heterocycles. The molecule has 1 aromatic carbocycles. The molecule has 0 spiro atoms. The van der Waals surface area contributed by atoms with E-state index in [0.717, 1.165) is 0 Å². The first-order chi connectivity index (χ1) is 6.37. The molecule has 0 fully saturated rings. The van der Waals surface area contributed by atoms with Gasteiger partial charge in [-0.3, -0.25) is 0 Å². The van der Waals surface area contributed by atoms with Gasteiger partial charge < -0.3 is 0 Å². The van der Waals surface area contributed by atoms with E-state index in [2.05, 4.69) is 15.9 Å². The summed E-state index contributed by atoms with van der Waals surface area (Å²) >= 11 is 2.93. The minimum Gasteiger partial charge on any atom is -0.205 e. The number of hydrogen-bond acceptors (Lipinski definition) is 0. The Kier molecular flexibility index (Phi) is 3.24. The standard InChI is InChI=1S/C10H10BrF3/c1-4(2)6-7(11)8(12)5(3)9(13)10(6)14/h4H,1-3H3. The first-order valence-electron chi connectivity index (χ1n) is 4.20. The molecule has 78 valence electrons. The quantitative estimate of drug-likeness (QED) is 0.665. The van der Waals surface area contributed by atoms with Crippen molar-refractivity contribution in [3.63, 3.8) is 0 Å². The molecule has 1 rings (SSSR count). The Morgan fingerprint density at radius 2 is 1.50 bits per heavy atom. The smallest absolute Gasteiger partial charge is 0.165 e. The average Bonchev–Trinajstić information content (AvgIpc) is 2.11. The highest BCUT2D eigenvalue weighted by molar-refractivity contribution is 9.10. The lowest BCUT2D eigenvalue weighted by molar-refractivity contribution is 0.469. The highest BCUT2D eigenvalue weighted by Gasteiger charge is 2.22. The molecule has 0 atom stereocenters. The first-order valence-corrected chi connectivity index (χ1v) is 4.99. The van der Waals surface area contributed by atoms with Gasteiger partial charge in [-0.1, -0.05) is 13.8 Å². The zero-order valence-corrected chi connectivity index (χ0v) is 9.68. The van der Waals surface area contributed by atoms with Crippen LogP contribution in [-0.2, 0) is 0 Å². The van der Waals surface area contributed by atoms with Crippen LogP contribution in [0, 0.1) is 24.4 Å². The summed E-state index contributed by atoms with van der Waals surface area (Å²) in [6.07, 6.45) is 0. The topological polar surface area (TPSA) is 0 Å². The Morgan fingerprint density at radius 1 is 1.00 bits per heavy atom. The van der Waals surface area contributed by atoms with Crippen LogP contribution >= 0.6 is 15.9 Å². The van der Waals surface area contributed by atoms with Crippen molar-refractivity contribution in [3.05, 3.63) is 33.1 Å². The van der Waals surface area contributed by atoms with Crippen molar-refractivity contribution in [3.8, 4) is 0 Å². The Balaban J connectivity index is 3.60. The SMILES string of the molecule is Cc1c(F)c(F)c(C(C)C)c(Br)c1F. The van der Waals surface area contributed by atoms with E-state index < -0.39 is 17.5 Å². The molecule has 0 aliphatic rings. The summed E-state index contributed by atoms with van der Waals surface area (Å²) in [4.78, 5) is 0. The van der Waals surface area contributed by atoms with Gasteiger partial charge in [-0.15, -0.1) is 0 Å². The average molecular weight is 267 g/mol. The summed E-state index contributed by atoms with van der Waals surface area (Å²) in [6, 6.07) is 0. The largest absolute Gasteiger partial charge is 0.205 e. The molecule has 4 heteroatoms. The lowest BCUT2D eigenvalue weighted by atomic mass is 10.0. The van der Waals surface area contributed by atoms with Crippen LogP contribution in [0.5, 0.6) is 0 Å². The van der Waals surface area contributed by atoms with Crippen LogP contribution in [0.4, 0.5) is 13.2 Å². The zero-order chi connectivity index (χ0) is 11.0. The highest BCUT2D eigenvalue weighted by Crippen LogP contribution is 2.33. The molecule has 0 nitrogen and oxygen atoms in total. The summed E-state index contributed by atoms with van der Waals surface area (Å²) in [6.45, 7) is 4.57. The zero-order valence-electron chi connectivity index (χ0n) is 8.09. The molecule has 0 N–H and O–H groups in total. The second kappa shape index (κ2) is 3.93. The van der Waals surface area contributed by atoms with Crippen LogP contribution in [0.15, 0.2) is 4.47 Å². The Hall–Kier alpha value is -0.510. The third kappa shape index (κ3) is 1.67. The Labute approximate surface area is 89.3 Å². The van der Waals surface area contributed by atoms with Gasteiger partial charge in [0.05, 0.1) is 4.47 Å². The molecule has 0 saturated heterocycles. The van der Waals surface area contributed by atoms with Crippen molar-refractivity contribution in [2.24, 2.45) is 0 Å². The van der Waals surface area contributed by atoms with Crippen LogP contribution in [-0.4, -0.2) is 0 Å². The van der Waals surface area contributed by atoms with Gasteiger partial charge in [0.2, 0.25) is 0 Å². The van der Waals surface area contributed by atoms with Gasteiger partial charge >= 0.3 is 0 Å². The molecule has 0 aliphatic carbocycles. The second-order valence-corrected chi connectivity index (χ2v) is 4.24. The van der Waals surface area contributed by atoms with E-state index >= 15 is 0 Å². The van der Waals surface area contributed by atoms with Gasteiger partial charge in [-0.2, -0.15) is 0 Å². The van der Waals surface area contributed by atoms with Crippen LogP contribution < -0.4 is 0 Å². The fraction of sp³-hybridized carbons (Fsp3) is 0.400. The van der Waals surface area contributed by atoms with Crippen molar-refractivity contribution >= 4 is 15.9 Å². The van der Waals surface area contributed by atoms with E-state index in [1.807, 2.05) is 0 Å². The lowest BCUT2D eigenvalue weighted by Gasteiger charge is -2.13. The third-order valence-corrected chi connectivity index (χ3v) is 2.87. The first kappa shape index (κ1) is 11.6. The van der Waals surface area contributed by atoms with Crippen LogP contribution in [0.2, 0.25) is 0 Å². The molecule has 14 heavy (non-hydrogen) atoms. The van der Waals surface area contributed by atoms with Crippen molar-refractivity contribution in [2.75, 3.05) is 0 Å². The predicted molar refractivity (Wildman–Crippen MR) is 52.8 cm³/mol. The van der Waals surface area contributed by atoms with Crippen molar-refractivity contribution in [1.29, 1.82) is 0 Å². The highest BCUT2D eigenvalue weighted by atomic mass is 79.9. The van der Waals surface area contributed by atoms with Crippen molar-refractivity contribution in [1.82, 2.24) is 0 Å². The summed E-state index contributed by atoms with van der Waals surface area (Å²) < 4.78 is 39.9. The predicted octanol–water partition coefficient (Wildman–Crippen LogP) is 4.30. The van der Waals surface area contributed by atoms with Crippen molar-refractivity contribution < 1.29 is 13.2 Å². The minimum absolute atomic E-state index is 0.0175. The fourth-order valence-corrected chi connectivity index (χ4v) is 2.19. The molecule has 0 amide bonds. The monoisotopic (exact) mass is 266 g/mol. The number of benzene rings is 1. The van der Waals surface area contributed by atoms with E-state index in [9.17, 15) is 13.2 Å². The van der Waals surface area contributed by atoms with Gasteiger partial charge in [0.25, 0.3) is 0 Å². The molecule has 0 bridgehead atoms. The number of rotatable bonds is 1. The van der Waals surface area contributed by atoms with Gasteiger partial charge in [0, 0.05) is 11.1 Å². The van der Waals surface area contributed by atoms with Gasteiger partial charge in [0.15, 0.2) is 11.6 Å². The van der Waals surface area contributed by atoms with Crippen LogP contribution in [0.3, 0.4) is 0 Å². The minimum atomic E-state index is -1.10.